The second-order valence-electron chi connectivity index (χ2n) is 3.79. The third-order valence-corrected chi connectivity index (χ3v) is 2.60. The number of aromatic nitrogens is 2. The molecule has 0 saturated carbocycles. The molecule has 1 aromatic carbocycles. The molecule has 2 rings (SSSR count). The van der Waals surface area contributed by atoms with Gasteiger partial charge in [-0.2, -0.15) is 18.3 Å². The van der Waals surface area contributed by atoms with Crippen molar-refractivity contribution in [2.75, 3.05) is 7.11 Å². The van der Waals surface area contributed by atoms with Gasteiger partial charge in [-0.05, 0) is 24.3 Å². The number of halogens is 3. The molecule has 19 heavy (non-hydrogen) atoms. The van der Waals surface area contributed by atoms with E-state index in [9.17, 15) is 13.2 Å². The van der Waals surface area contributed by atoms with Crippen LogP contribution in [-0.2, 0) is 12.8 Å². The highest BCUT2D eigenvalue weighted by molar-refractivity contribution is 5.40. The molecule has 1 N–H and O–H groups in total. The molecule has 0 unspecified atom stereocenters. The summed E-state index contributed by atoms with van der Waals surface area (Å²) in [5.41, 5.74) is 0.150. The molecule has 102 valence electrons. The third kappa shape index (κ3) is 2.55. The van der Waals surface area contributed by atoms with Gasteiger partial charge in [-0.3, -0.25) is 0 Å². The number of nitrogens with zero attached hydrogens (tertiary/aromatic N) is 2. The van der Waals surface area contributed by atoms with Gasteiger partial charge in [0.25, 0.3) is 0 Å². The first-order chi connectivity index (χ1) is 8.97. The van der Waals surface area contributed by atoms with Crippen molar-refractivity contribution in [3.8, 4) is 11.6 Å². The van der Waals surface area contributed by atoms with E-state index in [2.05, 4.69) is 5.10 Å². The molecular weight excluding hydrogens is 261 g/mol. The van der Waals surface area contributed by atoms with Gasteiger partial charge in [-0.25, -0.2) is 4.68 Å². The summed E-state index contributed by atoms with van der Waals surface area (Å²) in [6.45, 7) is -0.260. The van der Waals surface area contributed by atoms with Crippen LogP contribution in [-0.4, -0.2) is 22.0 Å². The van der Waals surface area contributed by atoms with Crippen LogP contribution < -0.4 is 4.74 Å². The number of methoxy groups -OCH3 is 1. The fraction of sp³-hybridized carbons (Fsp3) is 0.250. The number of benzene rings is 1. The van der Waals surface area contributed by atoms with E-state index in [0.29, 0.717) is 17.1 Å². The van der Waals surface area contributed by atoms with Gasteiger partial charge >= 0.3 is 6.18 Å². The van der Waals surface area contributed by atoms with Crippen molar-refractivity contribution in [3.63, 3.8) is 0 Å². The van der Waals surface area contributed by atoms with Crippen molar-refractivity contribution in [2.45, 2.75) is 12.8 Å². The average molecular weight is 272 g/mol. The summed E-state index contributed by atoms with van der Waals surface area (Å²) in [5.74, 6) is 0.294. The molecular formula is C12H11F3N2O2. The van der Waals surface area contributed by atoms with Crippen LogP contribution in [0.5, 0.6) is 5.88 Å². The average Bonchev–Trinajstić information content (AvgIpc) is 2.80. The lowest BCUT2D eigenvalue weighted by atomic mass is 10.2. The second kappa shape index (κ2) is 4.93. The van der Waals surface area contributed by atoms with Gasteiger partial charge in [0, 0.05) is 0 Å². The van der Waals surface area contributed by atoms with Crippen molar-refractivity contribution in [2.24, 2.45) is 0 Å². The maximum Gasteiger partial charge on any atom is 0.416 e. The van der Waals surface area contributed by atoms with Crippen molar-refractivity contribution < 1.29 is 23.0 Å². The summed E-state index contributed by atoms with van der Waals surface area (Å²) < 4.78 is 43.7. The minimum absolute atomic E-state index is 0.260. The molecule has 0 aliphatic rings. The van der Waals surface area contributed by atoms with Crippen LogP contribution in [0.3, 0.4) is 0 Å². The highest BCUT2D eigenvalue weighted by Crippen LogP contribution is 2.30. The molecule has 4 nitrogen and oxygen atoms in total. The van der Waals surface area contributed by atoms with Crippen LogP contribution in [0, 0.1) is 0 Å². The summed E-state index contributed by atoms with van der Waals surface area (Å²) in [4.78, 5) is 0. The first-order valence-electron chi connectivity index (χ1n) is 5.36. The largest absolute Gasteiger partial charge is 0.481 e. The monoisotopic (exact) mass is 272 g/mol. The Labute approximate surface area is 107 Å². The van der Waals surface area contributed by atoms with Gasteiger partial charge in [-0.1, -0.05) is 0 Å². The Hall–Kier alpha value is -2.02. The van der Waals surface area contributed by atoms with Gasteiger partial charge in [0.1, 0.15) is 0 Å². The maximum absolute atomic E-state index is 12.4. The Morgan fingerprint density at radius 2 is 1.89 bits per heavy atom. The highest BCUT2D eigenvalue weighted by atomic mass is 19.4. The van der Waals surface area contributed by atoms with E-state index in [-0.39, 0.29) is 6.61 Å². The lowest BCUT2D eigenvalue weighted by Crippen LogP contribution is -2.06. The predicted molar refractivity (Wildman–Crippen MR) is 61.0 cm³/mol. The first kappa shape index (κ1) is 13.4. The van der Waals surface area contributed by atoms with Gasteiger partial charge < -0.3 is 9.84 Å². The van der Waals surface area contributed by atoms with E-state index in [1.165, 1.54) is 30.1 Å². The van der Waals surface area contributed by atoms with E-state index in [1.807, 2.05) is 0 Å². The van der Waals surface area contributed by atoms with Crippen molar-refractivity contribution in [1.82, 2.24) is 9.78 Å². The smallest absolute Gasteiger partial charge is 0.416 e. The standard InChI is InChI=1S/C12H11F3N2O2/c1-19-11-8(7-18)6-16-17(11)10-4-2-9(3-5-10)12(13,14)15/h2-6,18H,7H2,1H3. The fourth-order valence-electron chi connectivity index (χ4n) is 1.67. The fourth-order valence-corrected chi connectivity index (χ4v) is 1.67. The second-order valence-corrected chi connectivity index (χ2v) is 3.79. The van der Waals surface area contributed by atoms with Crippen LogP contribution >= 0.6 is 0 Å². The Balaban J connectivity index is 2.40. The number of aliphatic hydroxyl groups excluding tert-OH is 1. The lowest BCUT2D eigenvalue weighted by Gasteiger charge is -2.10. The molecule has 0 spiro atoms. The third-order valence-electron chi connectivity index (χ3n) is 2.60. The van der Waals surface area contributed by atoms with Crippen LogP contribution in [0.25, 0.3) is 5.69 Å². The lowest BCUT2D eigenvalue weighted by molar-refractivity contribution is -0.137. The van der Waals surface area contributed by atoms with Crippen LogP contribution in [0.1, 0.15) is 11.1 Å². The molecule has 0 bridgehead atoms. The zero-order valence-corrected chi connectivity index (χ0v) is 9.98. The summed E-state index contributed by atoms with van der Waals surface area (Å²) in [7, 11) is 1.40. The number of ether oxygens (including phenoxy) is 1. The Bertz CT molecular complexity index is 561. The summed E-state index contributed by atoms with van der Waals surface area (Å²) in [6, 6.07) is 4.52. The molecule has 0 aliphatic carbocycles. The Kier molecular flexibility index (Phi) is 3.48. The molecule has 0 radical (unpaired) electrons. The number of rotatable bonds is 3. The first-order valence-corrected chi connectivity index (χ1v) is 5.36. The predicted octanol–water partition coefficient (Wildman–Crippen LogP) is 2.39. The molecule has 1 heterocycles. The molecule has 0 aliphatic heterocycles. The van der Waals surface area contributed by atoms with Crippen molar-refractivity contribution in [3.05, 3.63) is 41.6 Å². The van der Waals surface area contributed by atoms with E-state index in [1.54, 1.807) is 0 Å². The van der Waals surface area contributed by atoms with Crippen molar-refractivity contribution in [1.29, 1.82) is 0 Å². The SMILES string of the molecule is COc1c(CO)cnn1-c1ccc(C(F)(F)F)cc1. The van der Waals surface area contributed by atoms with E-state index in [4.69, 9.17) is 9.84 Å². The zero-order chi connectivity index (χ0) is 14.0. The molecule has 1 aromatic heterocycles. The quantitative estimate of drug-likeness (QED) is 0.933. The minimum Gasteiger partial charge on any atom is -0.481 e. The molecule has 2 aromatic rings. The van der Waals surface area contributed by atoms with Crippen molar-refractivity contribution >= 4 is 0 Å². The number of aliphatic hydroxyl groups is 1. The molecule has 0 fully saturated rings. The number of alkyl halides is 3. The minimum atomic E-state index is -4.37. The Morgan fingerprint density at radius 1 is 1.26 bits per heavy atom. The zero-order valence-electron chi connectivity index (χ0n) is 9.98. The van der Waals surface area contributed by atoms with E-state index < -0.39 is 11.7 Å². The van der Waals surface area contributed by atoms with Gasteiger partial charge in [-0.15, -0.1) is 0 Å². The molecule has 0 amide bonds. The van der Waals surface area contributed by atoms with Crippen LogP contribution in [0.15, 0.2) is 30.5 Å². The van der Waals surface area contributed by atoms with Gasteiger partial charge in [0.2, 0.25) is 5.88 Å². The Morgan fingerprint density at radius 3 is 2.37 bits per heavy atom. The molecule has 0 saturated heterocycles. The molecule has 7 heteroatoms. The normalized spacial score (nSPS) is 11.6. The van der Waals surface area contributed by atoms with E-state index in [0.717, 1.165) is 12.1 Å². The summed E-state index contributed by atoms with van der Waals surface area (Å²) in [6.07, 6.45) is -2.97. The summed E-state index contributed by atoms with van der Waals surface area (Å²) >= 11 is 0. The van der Waals surface area contributed by atoms with Gasteiger partial charge in [0.15, 0.2) is 0 Å². The molecule has 0 atom stereocenters. The topological polar surface area (TPSA) is 47.3 Å². The van der Waals surface area contributed by atoms with Crippen LogP contribution in [0.4, 0.5) is 13.2 Å². The highest BCUT2D eigenvalue weighted by Gasteiger charge is 2.30. The van der Waals surface area contributed by atoms with E-state index >= 15 is 0 Å². The number of hydrogen-bond acceptors (Lipinski definition) is 3. The van der Waals surface area contributed by atoms with Crippen LogP contribution in [0.2, 0.25) is 0 Å². The maximum atomic E-state index is 12.4. The summed E-state index contributed by atoms with van der Waals surface area (Å²) in [5, 5.41) is 13.0. The number of hydrogen-bond donors (Lipinski definition) is 1. The van der Waals surface area contributed by atoms with Gasteiger partial charge in [0.05, 0.1) is 36.7 Å².